The number of carbonyl (C=O) groups excluding carboxylic acids is 2. The molecule has 0 aromatic carbocycles. The summed E-state index contributed by atoms with van der Waals surface area (Å²) >= 11 is 1.61. The first kappa shape index (κ1) is 16.5. The fourth-order valence-electron chi connectivity index (χ4n) is 2.46. The highest BCUT2D eigenvalue weighted by Gasteiger charge is 2.23. The van der Waals surface area contributed by atoms with Gasteiger partial charge in [-0.2, -0.15) is 11.3 Å². The minimum atomic E-state index is -0.0574. The number of hydrogen-bond acceptors (Lipinski definition) is 3. The largest absolute Gasteiger partial charge is 0.352 e. The molecule has 0 bridgehead atoms. The van der Waals surface area contributed by atoms with Crippen LogP contribution in [0.25, 0.3) is 6.08 Å². The van der Waals surface area contributed by atoms with Gasteiger partial charge >= 0.3 is 6.03 Å². The molecule has 2 rings (SSSR count). The summed E-state index contributed by atoms with van der Waals surface area (Å²) in [4.78, 5) is 27.1. The highest BCUT2D eigenvalue weighted by Crippen LogP contribution is 2.17. The SMILES string of the molecule is CN(C)C(=O)N1CCC(CNC(=O)/C=C/c2ccsc2)CC1. The monoisotopic (exact) mass is 321 g/mol. The first-order chi connectivity index (χ1) is 10.6. The quantitative estimate of drug-likeness (QED) is 0.865. The second-order valence-electron chi connectivity index (χ2n) is 5.74. The third-order valence-corrected chi connectivity index (χ3v) is 4.50. The van der Waals surface area contributed by atoms with Crippen molar-refractivity contribution in [1.82, 2.24) is 15.1 Å². The zero-order chi connectivity index (χ0) is 15.9. The molecule has 1 aliphatic heterocycles. The van der Waals surface area contributed by atoms with Gasteiger partial charge in [-0.25, -0.2) is 4.79 Å². The lowest BCUT2D eigenvalue weighted by molar-refractivity contribution is -0.116. The lowest BCUT2D eigenvalue weighted by atomic mass is 9.97. The number of thiophene rings is 1. The van der Waals surface area contributed by atoms with Crippen LogP contribution in [-0.4, -0.2) is 55.5 Å². The summed E-state index contributed by atoms with van der Waals surface area (Å²) in [5, 5.41) is 6.93. The highest BCUT2D eigenvalue weighted by molar-refractivity contribution is 7.08. The number of rotatable bonds is 4. The molecule has 22 heavy (non-hydrogen) atoms. The normalized spacial score (nSPS) is 16.0. The van der Waals surface area contributed by atoms with Crippen molar-refractivity contribution >= 4 is 29.4 Å². The number of nitrogens with one attached hydrogen (secondary N) is 1. The average molecular weight is 321 g/mol. The van der Waals surface area contributed by atoms with Crippen molar-refractivity contribution in [3.8, 4) is 0 Å². The summed E-state index contributed by atoms with van der Waals surface area (Å²) in [5.41, 5.74) is 1.05. The Morgan fingerprint density at radius 1 is 1.41 bits per heavy atom. The number of piperidine rings is 1. The lowest BCUT2D eigenvalue weighted by Gasteiger charge is -2.33. The van der Waals surface area contributed by atoms with Crippen LogP contribution in [-0.2, 0) is 4.79 Å². The first-order valence-corrected chi connectivity index (χ1v) is 8.45. The number of urea groups is 1. The summed E-state index contributed by atoms with van der Waals surface area (Å²) in [6, 6.07) is 2.05. The Hall–Kier alpha value is -1.82. The van der Waals surface area contributed by atoms with Crippen molar-refractivity contribution in [2.75, 3.05) is 33.7 Å². The second kappa shape index (κ2) is 7.98. The Bertz CT molecular complexity index is 518. The molecule has 1 aromatic heterocycles. The standard InChI is InChI=1S/C16H23N3O2S/c1-18(2)16(21)19-8-5-13(6-9-19)11-17-15(20)4-3-14-7-10-22-12-14/h3-4,7,10,12-13H,5-6,8-9,11H2,1-2H3,(H,17,20)/b4-3+. The summed E-state index contributed by atoms with van der Waals surface area (Å²) in [7, 11) is 3.54. The third kappa shape index (κ3) is 4.87. The van der Waals surface area contributed by atoms with E-state index in [1.165, 1.54) is 0 Å². The van der Waals surface area contributed by atoms with E-state index in [0.717, 1.165) is 31.5 Å². The molecule has 1 aliphatic rings. The Balaban J connectivity index is 1.68. The van der Waals surface area contributed by atoms with E-state index in [-0.39, 0.29) is 11.9 Å². The summed E-state index contributed by atoms with van der Waals surface area (Å²) in [5.74, 6) is 0.391. The van der Waals surface area contributed by atoms with Crippen LogP contribution in [0, 0.1) is 5.92 Å². The van der Waals surface area contributed by atoms with Gasteiger partial charge in [0.1, 0.15) is 0 Å². The molecule has 1 aromatic rings. The Morgan fingerprint density at radius 3 is 2.73 bits per heavy atom. The molecule has 0 atom stereocenters. The Labute approximate surface area is 135 Å². The zero-order valence-electron chi connectivity index (χ0n) is 13.1. The Kier molecular flexibility index (Phi) is 6.00. The predicted octanol–water partition coefficient (Wildman–Crippen LogP) is 2.27. The molecule has 0 aliphatic carbocycles. The van der Waals surface area contributed by atoms with Crippen molar-refractivity contribution in [1.29, 1.82) is 0 Å². The van der Waals surface area contributed by atoms with E-state index < -0.39 is 0 Å². The second-order valence-corrected chi connectivity index (χ2v) is 6.52. The molecule has 0 spiro atoms. The van der Waals surface area contributed by atoms with Crippen LogP contribution in [0.1, 0.15) is 18.4 Å². The molecule has 0 unspecified atom stereocenters. The number of likely N-dealkylation sites (tertiary alicyclic amines) is 1. The van der Waals surface area contributed by atoms with E-state index in [1.807, 2.05) is 27.8 Å². The number of amides is 3. The molecule has 0 saturated carbocycles. The van der Waals surface area contributed by atoms with Crippen LogP contribution in [0.5, 0.6) is 0 Å². The lowest BCUT2D eigenvalue weighted by Crippen LogP contribution is -2.45. The minimum Gasteiger partial charge on any atom is -0.352 e. The molecule has 120 valence electrons. The van der Waals surface area contributed by atoms with Gasteiger partial charge in [-0.05, 0) is 47.2 Å². The fraction of sp³-hybridized carbons (Fsp3) is 0.500. The van der Waals surface area contributed by atoms with Crippen molar-refractivity contribution in [3.63, 3.8) is 0 Å². The third-order valence-electron chi connectivity index (χ3n) is 3.80. The topological polar surface area (TPSA) is 52.7 Å². The van der Waals surface area contributed by atoms with Gasteiger partial charge in [-0.1, -0.05) is 0 Å². The van der Waals surface area contributed by atoms with E-state index in [1.54, 1.807) is 36.4 Å². The van der Waals surface area contributed by atoms with Gasteiger partial charge in [-0.3, -0.25) is 4.79 Å². The fourth-order valence-corrected chi connectivity index (χ4v) is 3.09. The average Bonchev–Trinajstić information content (AvgIpc) is 3.04. The molecule has 5 nitrogen and oxygen atoms in total. The molecule has 2 heterocycles. The smallest absolute Gasteiger partial charge is 0.319 e. The number of carbonyl (C=O) groups is 2. The van der Waals surface area contributed by atoms with Crippen LogP contribution >= 0.6 is 11.3 Å². The van der Waals surface area contributed by atoms with E-state index >= 15 is 0 Å². The van der Waals surface area contributed by atoms with Gasteiger partial charge in [0.05, 0.1) is 0 Å². The first-order valence-electron chi connectivity index (χ1n) is 7.50. The van der Waals surface area contributed by atoms with Crippen molar-refractivity contribution in [2.24, 2.45) is 5.92 Å². The van der Waals surface area contributed by atoms with Crippen LogP contribution in [0.2, 0.25) is 0 Å². The maximum absolute atomic E-state index is 11.8. The van der Waals surface area contributed by atoms with E-state index in [0.29, 0.717) is 12.5 Å². The van der Waals surface area contributed by atoms with Gasteiger partial charge in [0, 0.05) is 39.8 Å². The minimum absolute atomic E-state index is 0.0574. The van der Waals surface area contributed by atoms with Crippen molar-refractivity contribution in [3.05, 3.63) is 28.5 Å². The molecule has 6 heteroatoms. The zero-order valence-corrected chi connectivity index (χ0v) is 13.9. The van der Waals surface area contributed by atoms with Gasteiger partial charge in [0.2, 0.25) is 5.91 Å². The van der Waals surface area contributed by atoms with E-state index in [9.17, 15) is 9.59 Å². The maximum Gasteiger partial charge on any atom is 0.319 e. The number of hydrogen-bond donors (Lipinski definition) is 1. The maximum atomic E-state index is 11.8. The van der Waals surface area contributed by atoms with Gasteiger partial charge < -0.3 is 15.1 Å². The summed E-state index contributed by atoms with van der Waals surface area (Å²) in [6.07, 6.45) is 5.28. The van der Waals surface area contributed by atoms with Crippen LogP contribution in [0.4, 0.5) is 4.79 Å². The van der Waals surface area contributed by atoms with Crippen LogP contribution in [0.15, 0.2) is 22.9 Å². The van der Waals surface area contributed by atoms with Gasteiger partial charge in [0.25, 0.3) is 0 Å². The predicted molar refractivity (Wildman–Crippen MR) is 89.7 cm³/mol. The molecule has 3 amide bonds. The molecule has 1 fully saturated rings. The van der Waals surface area contributed by atoms with Crippen LogP contribution < -0.4 is 5.32 Å². The van der Waals surface area contributed by atoms with E-state index in [4.69, 9.17) is 0 Å². The highest BCUT2D eigenvalue weighted by atomic mass is 32.1. The van der Waals surface area contributed by atoms with Crippen LogP contribution in [0.3, 0.4) is 0 Å². The summed E-state index contributed by atoms with van der Waals surface area (Å²) in [6.45, 7) is 2.21. The van der Waals surface area contributed by atoms with Crippen molar-refractivity contribution in [2.45, 2.75) is 12.8 Å². The molecular formula is C16H23N3O2S. The molecule has 1 N–H and O–H groups in total. The van der Waals surface area contributed by atoms with Crippen molar-refractivity contribution < 1.29 is 9.59 Å². The molecular weight excluding hydrogens is 298 g/mol. The number of nitrogens with zero attached hydrogens (tertiary/aromatic N) is 2. The molecule has 0 radical (unpaired) electrons. The summed E-state index contributed by atoms with van der Waals surface area (Å²) < 4.78 is 0. The van der Waals surface area contributed by atoms with Gasteiger partial charge in [0.15, 0.2) is 0 Å². The van der Waals surface area contributed by atoms with Gasteiger partial charge in [-0.15, -0.1) is 0 Å². The Morgan fingerprint density at radius 2 is 2.14 bits per heavy atom. The van der Waals surface area contributed by atoms with E-state index in [2.05, 4.69) is 5.32 Å². The molecule has 1 saturated heterocycles.